The Balaban J connectivity index is 1.92. The number of hydrogen-bond donors (Lipinski definition) is 5. The molecule has 1 unspecified atom stereocenters. The lowest BCUT2D eigenvalue weighted by Crippen LogP contribution is -2.69. The minimum atomic E-state index is -1.98. The highest BCUT2D eigenvalue weighted by molar-refractivity contribution is 5.28. The molecular formula is C24H32O8. The van der Waals surface area contributed by atoms with Crippen LogP contribution in [0.2, 0.25) is 0 Å². The van der Waals surface area contributed by atoms with Gasteiger partial charge in [0.05, 0.1) is 6.10 Å². The first-order valence-corrected chi connectivity index (χ1v) is 10.9. The van der Waals surface area contributed by atoms with Gasteiger partial charge in [-0.05, 0) is 49.8 Å². The Morgan fingerprint density at radius 1 is 1.22 bits per heavy atom. The SMILES string of the molecule is C=CCc1ccc(O[C@@H]2O[C@H]3C(O)[C@H](O)[C@@]2(O)CC[C@H](O)CC#CO[C@H]3CCCO)cc1. The van der Waals surface area contributed by atoms with Crippen molar-refractivity contribution in [2.45, 2.75) is 80.9 Å². The molecule has 1 fully saturated rings. The van der Waals surface area contributed by atoms with E-state index in [2.05, 4.69) is 18.6 Å². The molecule has 8 heteroatoms. The van der Waals surface area contributed by atoms with E-state index in [4.69, 9.17) is 14.2 Å². The van der Waals surface area contributed by atoms with Crippen LogP contribution in [-0.2, 0) is 15.9 Å². The maximum absolute atomic E-state index is 11.4. The Morgan fingerprint density at radius 3 is 2.66 bits per heavy atom. The molecule has 0 aliphatic carbocycles. The van der Waals surface area contributed by atoms with Crippen molar-refractivity contribution in [2.75, 3.05) is 6.61 Å². The monoisotopic (exact) mass is 448 g/mol. The van der Waals surface area contributed by atoms with Crippen molar-refractivity contribution >= 4 is 0 Å². The summed E-state index contributed by atoms with van der Waals surface area (Å²) in [4.78, 5) is 0. The van der Waals surface area contributed by atoms with Gasteiger partial charge in [-0.25, -0.2) is 0 Å². The van der Waals surface area contributed by atoms with Gasteiger partial charge in [0, 0.05) is 13.0 Å². The van der Waals surface area contributed by atoms with E-state index in [9.17, 15) is 25.5 Å². The summed E-state index contributed by atoms with van der Waals surface area (Å²) in [6, 6.07) is 7.15. The zero-order valence-electron chi connectivity index (χ0n) is 18.0. The van der Waals surface area contributed by atoms with Crippen LogP contribution in [0.5, 0.6) is 5.75 Å². The fourth-order valence-electron chi connectivity index (χ4n) is 4.01. The van der Waals surface area contributed by atoms with Crippen LogP contribution in [0.1, 0.15) is 37.7 Å². The van der Waals surface area contributed by atoms with Gasteiger partial charge in [-0.2, -0.15) is 0 Å². The predicted octanol–water partition coefficient (Wildman–Crippen LogP) is 0.635. The number of fused-ring (bicyclic) bond motifs is 8. The smallest absolute Gasteiger partial charge is 0.232 e. The van der Waals surface area contributed by atoms with E-state index >= 15 is 0 Å². The molecule has 5 N–H and O–H groups in total. The van der Waals surface area contributed by atoms with Gasteiger partial charge in [-0.15, -0.1) is 6.58 Å². The van der Waals surface area contributed by atoms with E-state index in [0.717, 1.165) is 5.56 Å². The highest BCUT2D eigenvalue weighted by Gasteiger charge is 2.57. The zero-order valence-corrected chi connectivity index (χ0v) is 18.0. The van der Waals surface area contributed by atoms with Crippen LogP contribution in [0.3, 0.4) is 0 Å². The van der Waals surface area contributed by atoms with Gasteiger partial charge in [0.2, 0.25) is 6.29 Å². The topological polar surface area (TPSA) is 129 Å². The molecule has 8 nitrogen and oxygen atoms in total. The third-order valence-corrected chi connectivity index (χ3v) is 5.92. The number of aliphatic hydroxyl groups is 5. The fraction of sp³-hybridized carbons (Fsp3) is 0.583. The second kappa shape index (κ2) is 11.1. The molecule has 1 aromatic rings. The second-order valence-corrected chi connectivity index (χ2v) is 8.31. The first-order valence-electron chi connectivity index (χ1n) is 10.9. The Labute approximate surface area is 188 Å². The Bertz CT molecular complexity index is 800. The predicted molar refractivity (Wildman–Crippen MR) is 115 cm³/mol. The molecule has 3 aliphatic heterocycles. The van der Waals surface area contributed by atoms with Gasteiger partial charge in [0.1, 0.15) is 36.3 Å². The molecule has 0 saturated carbocycles. The lowest BCUT2D eigenvalue weighted by atomic mass is 9.80. The minimum absolute atomic E-state index is 0.0812. The molecule has 1 saturated heterocycles. The van der Waals surface area contributed by atoms with Crippen molar-refractivity contribution < 1.29 is 39.7 Å². The molecule has 4 rings (SSSR count). The van der Waals surface area contributed by atoms with Crippen molar-refractivity contribution in [3.63, 3.8) is 0 Å². The van der Waals surface area contributed by atoms with Crippen LogP contribution in [0.25, 0.3) is 0 Å². The number of allylic oxidation sites excluding steroid dienone is 1. The van der Waals surface area contributed by atoms with Crippen LogP contribution < -0.4 is 4.74 Å². The van der Waals surface area contributed by atoms with Crippen LogP contribution >= 0.6 is 0 Å². The number of ether oxygens (including phenoxy) is 3. The van der Waals surface area contributed by atoms with Gasteiger partial charge < -0.3 is 39.7 Å². The highest BCUT2D eigenvalue weighted by atomic mass is 16.7. The van der Waals surface area contributed by atoms with Gasteiger partial charge >= 0.3 is 0 Å². The maximum atomic E-state index is 11.4. The number of rotatable bonds is 7. The molecule has 0 amide bonds. The van der Waals surface area contributed by atoms with Crippen molar-refractivity contribution in [3.8, 4) is 17.8 Å². The third kappa shape index (κ3) is 5.62. The number of aliphatic hydroxyl groups excluding tert-OH is 4. The molecule has 0 radical (unpaired) electrons. The van der Waals surface area contributed by atoms with E-state index in [1.54, 1.807) is 18.2 Å². The Morgan fingerprint density at radius 2 is 1.97 bits per heavy atom. The Kier molecular flexibility index (Phi) is 8.54. The number of benzene rings is 1. The van der Waals surface area contributed by atoms with E-state index in [-0.39, 0.29) is 25.9 Å². The average Bonchev–Trinajstić information content (AvgIpc) is 2.79. The average molecular weight is 449 g/mol. The van der Waals surface area contributed by atoms with E-state index in [1.807, 2.05) is 12.1 Å². The molecule has 0 spiro atoms. The zero-order chi connectivity index (χ0) is 23.1. The van der Waals surface area contributed by atoms with Gasteiger partial charge in [0.25, 0.3) is 0 Å². The summed E-state index contributed by atoms with van der Waals surface area (Å²) in [5.74, 6) is 3.13. The first-order chi connectivity index (χ1) is 15.4. The lowest BCUT2D eigenvalue weighted by molar-refractivity contribution is -0.331. The molecule has 7 atom stereocenters. The van der Waals surface area contributed by atoms with Crippen molar-refractivity contribution in [2.24, 2.45) is 0 Å². The van der Waals surface area contributed by atoms with Crippen LogP contribution in [0, 0.1) is 12.0 Å². The van der Waals surface area contributed by atoms with E-state index in [1.165, 1.54) is 0 Å². The van der Waals surface area contributed by atoms with Crippen LogP contribution in [-0.4, -0.2) is 74.6 Å². The molecule has 1 aromatic carbocycles. The van der Waals surface area contributed by atoms with Crippen molar-refractivity contribution in [1.82, 2.24) is 0 Å². The van der Waals surface area contributed by atoms with Crippen molar-refractivity contribution in [1.29, 1.82) is 0 Å². The quantitative estimate of drug-likeness (QED) is 0.304. The summed E-state index contributed by atoms with van der Waals surface area (Å²) < 4.78 is 17.5. The lowest BCUT2D eigenvalue weighted by Gasteiger charge is -2.49. The maximum Gasteiger partial charge on any atom is 0.232 e. The minimum Gasteiger partial charge on any atom is -0.462 e. The molecule has 0 aromatic heterocycles. The summed E-state index contributed by atoms with van der Waals surface area (Å²) in [6.07, 6.45) is -1.35. The fourth-order valence-corrected chi connectivity index (χ4v) is 4.01. The van der Waals surface area contributed by atoms with E-state index < -0.39 is 42.4 Å². The van der Waals surface area contributed by atoms with Gasteiger partial charge in [-0.3, -0.25) is 0 Å². The van der Waals surface area contributed by atoms with E-state index in [0.29, 0.717) is 25.0 Å². The van der Waals surface area contributed by atoms with Gasteiger partial charge in [-0.1, -0.05) is 24.1 Å². The second-order valence-electron chi connectivity index (χ2n) is 8.31. The molecule has 3 aliphatic rings. The van der Waals surface area contributed by atoms with Crippen LogP contribution in [0.15, 0.2) is 36.9 Å². The van der Waals surface area contributed by atoms with Crippen molar-refractivity contribution in [3.05, 3.63) is 42.5 Å². The van der Waals surface area contributed by atoms with Gasteiger partial charge in [0.15, 0.2) is 5.60 Å². The number of hydrogen-bond acceptors (Lipinski definition) is 8. The summed E-state index contributed by atoms with van der Waals surface area (Å²) in [5.41, 5.74) is -0.952. The molecule has 2 bridgehead atoms. The molecule has 176 valence electrons. The normalized spacial score (nSPS) is 34.9. The first kappa shape index (κ1) is 24.5. The molecular weight excluding hydrogens is 416 g/mol. The largest absolute Gasteiger partial charge is 0.462 e. The molecule has 32 heavy (non-hydrogen) atoms. The summed E-state index contributed by atoms with van der Waals surface area (Å²) in [6.45, 7) is 3.61. The van der Waals surface area contributed by atoms with Crippen LogP contribution in [0.4, 0.5) is 0 Å². The summed E-state index contributed by atoms with van der Waals surface area (Å²) in [5, 5.41) is 52.5. The molecule has 3 heterocycles. The third-order valence-electron chi connectivity index (χ3n) is 5.92. The summed E-state index contributed by atoms with van der Waals surface area (Å²) >= 11 is 0. The highest BCUT2D eigenvalue weighted by Crippen LogP contribution is 2.38. The summed E-state index contributed by atoms with van der Waals surface area (Å²) in [7, 11) is 0. The standard InChI is InChI=1S/C24H32O8/c1-2-5-16-8-10-18(11-9-16)31-23-24(29)13-12-17(26)6-4-15-30-19(7-3-14-25)21(32-23)20(27)22(24)28/h2,8-11,17,19-23,25-29H,1,3,5-7,12-14H2/t17-,19+,20?,21-,22+,23-,24+/m1/s1. The Hall–Kier alpha value is -2.12.